The molecule has 19 heavy (non-hydrogen) atoms. The third-order valence-electron chi connectivity index (χ3n) is 2.60. The lowest BCUT2D eigenvalue weighted by molar-refractivity contribution is -0.385. The third kappa shape index (κ3) is 3.04. The maximum atomic E-state index is 11.0. The van der Waals surface area contributed by atoms with Crippen LogP contribution in [-0.4, -0.2) is 14.9 Å². The van der Waals surface area contributed by atoms with E-state index in [-0.39, 0.29) is 17.4 Å². The van der Waals surface area contributed by atoms with E-state index < -0.39 is 4.92 Å². The first-order valence-corrected chi connectivity index (χ1v) is 5.85. The number of nitrogens with zero attached hydrogens (tertiary/aromatic N) is 3. The van der Waals surface area contributed by atoms with E-state index in [4.69, 9.17) is 4.74 Å². The molecular formula is C13H13N3O3. The van der Waals surface area contributed by atoms with Gasteiger partial charge in [0, 0.05) is 18.0 Å². The zero-order valence-electron chi connectivity index (χ0n) is 10.7. The fourth-order valence-electron chi connectivity index (χ4n) is 1.59. The van der Waals surface area contributed by atoms with Crippen molar-refractivity contribution in [1.29, 1.82) is 0 Å². The van der Waals surface area contributed by atoms with Crippen LogP contribution in [0.4, 0.5) is 5.69 Å². The van der Waals surface area contributed by atoms with Gasteiger partial charge < -0.3 is 4.74 Å². The van der Waals surface area contributed by atoms with Crippen molar-refractivity contribution in [3.05, 3.63) is 51.8 Å². The van der Waals surface area contributed by atoms with Crippen molar-refractivity contribution in [2.75, 3.05) is 0 Å². The molecule has 0 aliphatic carbocycles. The molecule has 1 aromatic carbocycles. The number of ether oxygens (including phenoxy) is 1. The number of nitro groups is 1. The highest BCUT2D eigenvalue weighted by Gasteiger charge is 2.17. The van der Waals surface area contributed by atoms with Gasteiger partial charge in [-0.05, 0) is 31.0 Å². The predicted molar refractivity (Wildman–Crippen MR) is 69.3 cm³/mol. The lowest BCUT2D eigenvalue weighted by atomic mass is 10.1. The standard InChI is InChI=1S/C13H13N3O3/c1-3-10-4-5-12(11(8-10)16(17)18)19-13-14-7-6-9(2)15-13/h4-8H,3H2,1-2H3. The van der Waals surface area contributed by atoms with Crippen molar-refractivity contribution < 1.29 is 9.66 Å². The number of aromatic nitrogens is 2. The largest absolute Gasteiger partial charge is 0.417 e. The quantitative estimate of drug-likeness (QED) is 0.622. The number of hydrogen-bond donors (Lipinski definition) is 0. The molecular weight excluding hydrogens is 246 g/mol. The van der Waals surface area contributed by atoms with Gasteiger partial charge in [-0.1, -0.05) is 13.0 Å². The smallest absolute Gasteiger partial charge is 0.322 e. The van der Waals surface area contributed by atoms with E-state index in [0.29, 0.717) is 0 Å². The molecule has 0 atom stereocenters. The Morgan fingerprint density at radius 1 is 1.37 bits per heavy atom. The summed E-state index contributed by atoms with van der Waals surface area (Å²) in [5.41, 5.74) is 1.53. The second-order valence-corrected chi connectivity index (χ2v) is 4.00. The Morgan fingerprint density at radius 3 is 2.79 bits per heavy atom. The van der Waals surface area contributed by atoms with Crippen LogP contribution >= 0.6 is 0 Å². The summed E-state index contributed by atoms with van der Waals surface area (Å²) in [6.07, 6.45) is 2.27. The highest BCUT2D eigenvalue weighted by atomic mass is 16.6. The summed E-state index contributed by atoms with van der Waals surface area (Å²) in [6.45, 7) is 3.73. The Kier molecular flexibility index (Phi) is 3.70. The van der Waals surface area contributed by atoms with Gasteiger partial charge in [-0.15, -0.1) is 0 Å². The monoisotopic (exact) mass is 259 g/mol. The first-order chi connectivity index (χ1) is 9.10. The van der Waals surface area contributed by atoms with Gasteiger partial charge >= 0.3 is 11.7 Å². The van der Waals surface area contributed by atoms with Gasteiger partial charge in [-0.3, -0.25) is 10.1 Å². The van der Waals surface area contributed by atoms with E-state index in [9.17, 15) is 10.1 Å². The molecule has 0 amide bonds. The topological polar surface area (TPSA) is 78.2 Å². The van der Waals surface area contributed by atoms with Crippen LogP contribution in [0.25, 0.3) is 0 Å². The van der Waals surface area contributed by atoms with Gasteiger partial charge in [-0.2, -0.15) is 0 Å². The summed E-state index contributed by atoms with van der Waals surface area (Å²) in [4.78, 5) is 18.5. The van der Waals surface area contributed by atoms with Crippen LogP contribution in [0.5, 0.6) is 11.8 Å². The zero-order chi connectivity index (χ0) is 13.8. The molecule has 0 aliphatic rings. The lowest BCUT2D eigenvalue weighted by Gasteiger charge is -2.06. The van der Waals surface area contributed by atoms with Gasteiger partial charge in [0.15, 0.2) is 0 Å². The van der Waals surface area contributed by atoms with Crippen molar-refractivity contribution in [3.63, 3.8) is 0 Å². The van der Waals surface area contributed by atoms with Crippen LogP contribution in [0.15, 0.2) is 30.5 Å². The zero-order valence-corrected chi connectivity index (χ0v) is 10.7. The molecule has 1 aromatic heterocycles. The summed E-state index contributed by atoms with van der Waals surface area (Å²) in [5, 5.41) is 11.0. The van der Waals surface area contributed by atoms with Crippen LogP contribution in [-0.2, 0) is 6.42 Å². The first-order valence-electron chi connectivity index (χ1n) is 5.85. The van der Waals surface area contributed by atoms with Crippen molar-refractivity contribution in [1.82, 2.24) is 9.97 Å². The number of nitro benzene ring substituents is 1. The summed E-state index contributed by atoms with van der Waals surface area (Å²) in [5.74, 6) is 0.146. The van der Waals surface area contributed by atoms with E-state index in [0.717, 1.165) is 17.7 Å². The fourth-order valence-corrected chi connectivity index (χ4v) is 1.59. The SMILES string of the molecule is CCc1ccc(Oc2nccc(C)n2)c([N+](=O)[O-])c1. The van der Waals surface area contributed by atoms with Gasteiger partial charge in [0.25, 0.3) is 0 Å². The molecule has 0 spiro atoms. The van der Waals surface area contributed by atoms with Gasteiger partial charge in [-0.25, -0.2) is 9.97 Å². The molecule has 6 heteroatoms. The summed E-state index contributed by atoms with van der Waals surface area (Å²) >= 11 is 0. The van der Waals surface area contributed by atoms with Crippen molar-refractivity contribution >= 4 is 5.69 Å². The minimum absolute atomic E-state index is 0.0792. The average molecular weight is 259 g/mol. The van der Waals surface area contributed by atoms with Crippen molar-refractivity contribution in [3.8, 4) is 11.8 Å². The Hall–Kier alpha value is -2.50. The Bertz CT molecular complexity index is 614. The van der Waals surface area contributed by atoms with E-state index in [2.05, 4.69) is 9.97 Å². The first kappa shape index (κ1) is 12.9. The Labute approximate surface area is 110 Å². The molecule has 0 saturated carbocycles. The number of rotatable bonds is 4. The van der Waals surface area contributed by atoms with E-state index in [1.54, 1.807) is 31.3 Å². The highest BCUT2D eigenvalue weighted by molar-refractivity contribution is 5.49. The molecule has 0 bridgehead atoms. The normalized spacial score (nSPS) is 10.2. The maximum absolute atomic E-state index is 11.0. The summed E-state index contributed by atoms with van der Waals surface area (Å²) in [6, 6.07) is 6.69. The Morgan fingerprint density at radius 2 is 2.16 bits per heavy atom. The molecule has 0 radical (unpaired) electrons. The molecule has 1 heterocycles. The molecule has 0 N–H and O–H groups in total. The van der Waals surface area contributed by atoms with E-state index in [1.165, 1.54) is 6.07 Å². The fraction of sp³-hybridized carbons (Fsp3) is 0.231. The molecule has 6 nitrogen and oxygen atoms in total. The van der Waals surface area contributed by atoms with Gasteiger partial charge in [0.05, 0.1) is 4.92 Å². The molecule has 0 aliphatic heterocycles. The molecule has 2 rings (SSSR count). The Balaban J connectivity index is 2.36. The summed E-state index contributed by atoms with van der Waals surface area (Å²) in [7, 11) is 0. The van der Waals surface area contributed by atoms with Crippen LogP contribution in [0.2, 0.25) is 0 Å². The van der Waals surface area contributed by atoms with E-state index >= 15 is 0 Å². The predicted octanol–water partition coefficient (Wildman–Crippen LogP) is 3.05. The lowest BCUT2D eigenvalue weighted by Crippen LogP contribution is -1.98. The van der Waals surface area contributed by atoms with Crippen LogP contribution in [0, 0.1) is 17.0 Å². The minimum atomic E-state index is -0.468. The molecule has 0 saturated heterocycles. The molecule has 0 unspecified atom stereocenters. The second kappa shape index (κ2) is 5.43. The van der Waals surface area contributed by atoms with Crippen LogP contribution in [0.3, 0.4) is 0 Å². The van der Waals surface area contributed by atoms with E-state index in [1.807, 2.05) is 6.92 Å². The maximum Gasteiger partial charge on any atom is 0.322 e. The van der Waals surface area contributed by atoms with Crippen LogP contribution in [0.1, 0.15) is 18.2 Å². The number of aryl methyl sites for hydroxylation is 2. The highest BCUT2D eigenvalue weighted by Crippen LogP contribution is 2.30. The molecule has 98 valence electrons. The second-order valence-electron chi connectivity index (χ2n) is 4.00. The van der Waals surface area contributed by atoms with Gasteiger partial charge in [0.1, 0.15) is 0 Å². The third-order valence-corrected chi connectivity index (χ3v) is 2.60. The number of hydrogen-bond acceptors (Lipinski definition) is 5. The number of benzene rings is 1. The van der Waals surface area contributed by atoms with Gasteiger partial charge in [0.2, 0.25) is 5.75 Å². The average Bonchev–Trinajstić information content (AvgIpc) is 2.39. The molecule has 2 aromatic rings. The minimum Gasteiger partial charge on any atom is -0.417 e. The van der Waals surface area contributed by atoms with Crippen LogP contribution < -0.4 is 4.74 Å². The van der Waals surface area contributed by atoms with Crippen molar-refractivity contribution in [2.45, 2.75) is 20.3 Å². The molecule has 0 fully saturated rings. The van der Waals surface area contributed by atoms with Crippen molar-refractivity contribution in [2.24, 2.45) is 0 Å². The summed E-state index contributed by atoms with van der Waals surface area (Å²) < 4.78 is 5.39.